The average Bonchev–Trinajstić information content (AvgIpc) is 2.81. The van der Waals surface area contributed by atoms with Crippen LogP contribution in [0.1, 0.15) is 43.9 Å². The molecule has 2 rings (SSSR count). The molecule has 0 fully saturated rings. The molecule has 35 heavy (non-hydrogen) atoms. The summed E-state index contributed by atoms with van der Waals surface area (Å²) in [5.41, 5.74) is 4.28. The molecule has 2 amide bonds. The van der Waals surface area contributed by atoms with Crippen LogP contribution in [0.3, 0.4) is 0 Å². The van der Waals surface area contributed by atoms with Gasteiger partial charge in [-0.1, -0.05) is 0 Å². The van der Waals surface area contributed by atoms with Gasteiger partial charge in [0.1, 0.15) is 0 Å². The second kappa shape index (κ2) is 14.7. The first-order valence-electron chi connectivity index (χ1n) is 10.6. The Labute approximate surface area is 230 Å². The van der Waals surface area contributed by atoms with Crippen LogP contribution in [0.5, 0.6) is 17.2 Å². The number of Topliss-reactive ketones (excluding diaryl/α,β-unsaturated/α-hetero) is 1. The summed E-state index contributed by atoms with van der Waals surface area (Å²) < 4.78 is 1.16. The molecule has 1 radical (unpaired) electrons. The molecule has 13 heteroatoms. The molecule has 12 nitrogen and oxygen atoms in total. The monoisotopic (exact) mass is 644 g/mol. The number of nitrogens with two attached hydrogens (primary N) is 1. The molecule has 1 heterocycles. The zero-order valence-corrected chi connectivity index (χ0v) is 20.8. The largest absolute Gasteiger partial charge is 0.504 e. The van der Waals surface area contributed by atoms with Crippen molar-refractivity contribution in [2.24, 2.45) is 12.8 Å². The molecular weight excluding hydrogens is 615 g/mol. The third kappa shape index (κ3) is 8.20. The number of aromatic nitrogens is 1. The van der Waals surface area contributed by atoms with Gasteiger partial charge in [0.25, 0.3) is 17.4 Å². The van der Waals surface area contributed by atoms with E-state index in [-0.39, 0.29) is 79.6 Å². The number of aromatic hydroxyl groups is 3. The second-order valence-electron chi connectivity index (χ2n) is 7.43. The van der Waals surface area contributed by atoms with Gasteiger partial charge < -0.3 is 41.6 Å². The maximum absolute atomic E-state index is 12.4. The van der Waals surface area contributed by atoms with Gasteiger partial charge in [-0.3, -0.25) is 19.2 Å². The Morgan fingerprint density at radius 1 is 0.857 bits per heavy atom. The quantitative estimate of drug-likeness (QED) is 0.0877. The summed E-state index contributed by atoms with van der Waals surface area (Å²) in [4.78, 5) is 48.0. The SMILES string of the molecule is Cn1ccc(C(=O)NCCNCCCC(=O)c2ccc(C(=O)NCCN)c(O)c2O)c(O)c1=O.[Tm]. The van der Waals surface area contributed by atoms with Gasteiger partial charge in [0.05, 0.1) is 16.7 Å². The Morgan fingerprint density at radius 2 is 1.43 bits per heavy atom. The third-order valence-electron chi connectivity index (χ3n) is 4.96. The zero-order chi connectivity index (χ0) is 25.3. The number of phenolic OH excluding ortho intramolecular Hbond substituents is 2. The van der Waals surface area contributed by atoms with Crippen LogP contribution in [0, 0.1) is 36.9 Å². The topological polar surface area (TPSA) is 196 Å². The van der Waals surface area contributed by atoms with E-state index in [1.165, 1.54) is 31.4 Å². The molecule has 0 aliphatic carbocycles. The molecule has 1 aromatic carbocycles. The first-order valence-corrected chi connectivity index (χ1v) is 10.6. The fourth-order valence-electron chi connectivity index (χ4n) is 3.06. The molecule has 0 aliphatic rings. The summed E-state index contributed by atoms with van der Waals surface area (Å²) >= 11 is 0. The Kier molecular flexibility index (Phi) is 12.7. The van der Waals surface area contributed by atoms with Gasteiger partial charge in [0, 0.05) is 82.7 Å². The average molecular weight is 644 g/mol. The third-order valence-corrected chi connectivity index (χ3v) is 4.96. The summed E-state index contributed by atoms with van der Waals surface area (Å²) in [6.07, 6.45) is 1.88. The second-order valence-corrected chi connectivity index (χ2v) is 7.43. The fraction of sp³-hybridized carbons (Fsp3) is 0.364. The predicted molar refractivity (Wildman–Crippen MR) is 123 cm³/mol. The van der Waals surface area contributed by atoms with E-state index in [9.17, 15) is 34.5 Å². The Bertz CT molecular complexity index is 1120. The number of hydrogen-bond donors (Lipinski definition) is 7. The van der Waals surface area contributed by atoms with E-state index in [1.54, 1.807) is 0 Å². The van der Waals surface area contributed by atoms with E-state index in [4.69, 9.17) is 5.73 Å². The number of hydrogen-bond acceptors (Lipinski definition) is 9. The van der Waals surface area contributed by atoms with Crippen molar-refractivity contribution >= 4 is 17.6 Å². The summed E-state index contributed by atoms with van der Waals surface area (Å²) in [7, 11) is 1.46. The molecule has 8 N–H and O–H groups in total. The fourth-order valence-corrected chi connectivity index (χ4v) is 3.06. The molecular formula is C22H29N5O7Tm. The predicted octanol–water partition coefficient (Wildman–Crippen LogP) is -0.827. The molecule has 0 saturated carbocycles. The molecule has 2 aromatic rings. The molecule has 0 spiro atoms. The van der Waals surface area contributed by atoms with Gasteiger partial charge >= 0.3 is 0 Å². The van der Waals surface area contributed by atoms with E-state index >= 15 is 0 Å². The van der Waals surface area contributed by atoms with Crippen molar-refractivity contribution in [2.45, 2.75) is 12.8 Å². The van der Waals surface area contributed by atoms with Gasteiger partial charge in [-0.25, -0.2) is 0 Å². The van der Waals surface area contributed by atoms with Crippen LogP contribution in [0.4, 0.5) is 0 Å². The Morgan fingerprint density at radius 3 is 2.09 bits per heavy atom. The van der Waals surface area contributed by atoms with Crippen molar-refractivity contribution in [3.63, 3.8) is 0 Å². The molecule has 0 unspecified atom stereocenters. The van der Waals surface area contributed by atoms with E-state index in [0.29, 0.717) is 19.5 Å². The van der Waals surface area contributed by atoms with Crippen molar-refractivity contribution in [1.29, 1.82) is 0 Å². The summed E-state index contributed by atoms with van der Waals surface area (Å²) in [6.45, 7) is 1.46. The minimum absolute atomic E-state index is 0. The number of nitrogens with zero attached hydrogens (tertiary/aromatic N) is 1. The Hall–Kier alpha value is -2.67. The molecule has 0 saturated heterocycles. The van der Waals surface area contributed by atoms with Crippen LogP contribution in [0.15, 0.2) is 29.2 Å². The summed E-state index contributed by atoms with van der Waals surface area (Å²) in [5, 5.41) is 38.0. The minimum Gasteiger partial charge on any atom is -0.504 e. The van der Waals surface area contributed by atoms with Gasteiger partial charge in [-0.15, -0.1) is 0 Å². The van der Waals surface area contributed by atoms with Crippen molar-refractivity contribution in [3.05, 3.63) is 51.4 Å². The van der Waals surface area contributed by atoms with Crippen LogP contribution < -0.4 is 27.2 Å². The molecule has 197 valence electrons. The van der Waals surface area contributed by atoms with Gasteiger partial charge in [0.15, 0.2) is 23.0 Å². The standard InChI is InChI=1S/C22H29N5O7.Tm/c1-27-12-6-15(19(31)22(27)34)21(33)26-11-10-24-8-2-3-16(28)13-4-5-14(18(30)17(13)29)20(32)25-9-7-23;/h4-6,12,24,29-31H,2-3,7-11,23H2,1H3,(H,25,32)(H,26,33);. The van der Waals surface area contributed by atoms with Crippen molar-refractivity contribution < 1.29 is 66.6 Å². The number of phenols is 2. The van der Waals surface area contributed by atoms with Crippen LogP contribution in [-0.4, -0.2) is 70.2 Å². The molecule has 0 bridgehead atoms. The minimum atomic E-state index is -0.670. The van der Waals surface area contributed by atoms with E-state index < -0.39 is 40.4 Å². The van der Waals surface area contributed by atoms with Gasteiger partial charge in [-0.2, -0.15) is 0 Å². The number of amides is 2. The van der Waals surface area contributed by atoms with Crippen LogP contribution in [-0.2, 0) is 7.05 Å². The van der Waals surface area contributed by atoms with Crippen molar-refractivity contribution in [3.8, 4) is 17.2 Å². The number of benzene rings is 1. The number of ketones is 1. The number of carbonyl (C=O) groups excluding carboxylic acids is 3. The maximum Gasteiger partial charge on any atom is 0.293 e. The molecule has 0 aliphatic heterocycles. The summed E-state index contributed by atoms with van der Waals surface area (Å²) in [5.74, 6) is -3.54. The summed E-state index contributed by atoms with van der Waals surface area (Å²) in [6, 6.07) is 3.89. The van der Waals surface area contributed by atoms with Gasteiger partial charge in [0.2, 0.25) is 0 Å². The first kappa shape index (κ1) is 30.4. The van der Waals surface area contributed by atoms with E-state index in [1.807, 2.05) is 0 Å². The van der Waals surface area contributed by atoms with E-state index in [0.717, 1.165) is 4.57 Å². The van der Waals surface area contributed by atoms with Crippen molar-refractivity contribution in [2.75, 3.05) is 32.7 Å². The first-order chi connectivity index (χ1) is 16.2. The normalized spacial score (nSPS) is 10.3. The number of carbonyl (C=O) groups is 3. The molecule has 1 aromatic heterocycles. The van der Waals surface area contributed by atoms with E-state index in [2.05, 4.69) is 16.0 Å². The Balaban J connectivity index is 0.00000612. The number of nitrogens with one attached hydrogen (secondary N) is 3. The number of aryl methyl sites for hydroxylation is 1. The van der Waals surface area contributed by atoms with Crippen LogP contribution >= 0.6 is 0 Å². The number of rotatable bonds is 12. The smallest absolute Gasteiger partial charge is 0.293 e. The van der Waals surface area contributed by atoms with Crippen LogP contribution in [0.2, 0.25) is 0 Å². The zero-order valence-electron chi connectivity index (χ0n) is 19.0. The maximum atomic E-state index is 12.4. The van der Waals surface area contributed by atoms with Crippen molar-refractivity contribution in [1.82, 2.24) is 20.5 Å². The molecule has 0 atom stereocenters. The number of pyridine rings is 1. The van der Waals surface area contributed by atoms with Gasteiger partial charge in [-0.05, 0) is 31.2 Å². The van der Waals surface area contributed by atoms with Crippen LogP contribution in [0.25, 0.3) is 0 Å².